The molecule has 5 nitrogen and oxygen atoms in total. The van der Waals surface area contributed by atoms with Gasteiger partial charge in [-0.1, -0.05) is 18.2 Å². The van der Waals surface area contributed by atoms with Gasteiger partial charge in [0.1, 0.15) is 5.82 Å². The lowest BCUT2D eigenvalue weighted by atomic mass is 10.2. The molecule has 28 heavy (non-hydrogen) atoms. The average molecular weight is 406 g/mol. The summed E-state index contributed by atoms with van der Waals surface area (Å²) < 4.78 is 39.7. The number of imide groups is 1. The SMILES string of the molecule is O=C(NCCN1C(=O)S/C(=C\c2ccc(F)cc2)C1=O)c1cccc(F)c1F. The van der Waals surface area contributed by atoms with E-state index < -0.39 is 40.1 Å². The maximum atomic E-state index is 13.6. The van der Waals surface area contributed by atoms with Gasteiger partial charge in [0, 0.05) is 13.1 Å². The number of nitrogens with zero attached hydrogens (tertiary/aromatic N) is 1. The second kappa shape index (κ2) is 8.30. The number of hydrogen-bond donors (Lipinski definition) is 1. The number of carbonyl (C=O) groups excluding carboxylic acids is 3. The number of carbonyl (C=O) groups is 3. The molecule has 2 aromatic carbocycles. The Kier molecular flexibility index (Phi) is 5.84. The molecular formula is C19H13F3N2O3S. The first-order valence-electron chi connectivity index (χ1n) is 8.10. The molecule has 0 atom stereocenters. The fourth-order valence-electron chi connectivity index (χ4n) is 2.46. The van der Waals surface area contributed by atoms with E-state index in [1.54, 1.807) is 0 Å². The molecule has 3 rings (SSSR count). The molecule has 1 N–H and O–H groups in total. The Hall–Kier alpha value is -3.07. The van der Waals surface area contributed by atoms with Crippen LogP contribution in [-0.4, -0.2) is 35.0 Å². The van der Waals surface area contributed by atoms with Gasteiger partial charge >= 0.3 is 0 Å². The van der Waals surface area contributed by atoms with Crippen LogP contribution >= 0.6 is 11.8 Å². The maximum Gasteiger partial charge on any atom is 0.293 e. The van der Waals surface area contributed by atoms with Crippen LogP contribution < -0.4 is 5.32 Å². The van der Waals surface area contributed by atoms with Crippen LogP contribution in [0.3, 0.4) is 0 Å². The van der Waals surface area contributed by atoms with Crippen LogP contribution in [0.1, 0.15) is 15.9 Å². The molecule has 2 aromatic rings. The quantitative estimate of drug-likeness (QED) is 0.771. The molecule has 0 bridgehead atoms. The molecule has 0 radical (unpaired) electrons. The highest BCUT2D eigenvalue weighted by Gasteiger charge is 2.34. The summed E-state index contributed by atoms with van der Waals surface area (Å²) in [7, 11) is 0. The van der Waals surface area contributed by atoms with Crippen LogP contribution in [0.4, 0.5) is 18.0 Å². The molecule has 1 saturated heterocycles. The van der Waals surface area contributed by atoms with Crippen LogP contribution in [-0.2, 0) is 4.79 Å². The van der Waals surface area contributed by atoms with E-state index in [0.717, 1.165) is 28.8 Å². The zero-order valence-electron chi connectivity index (χ0n) is 14.2. The normalized spacial score (nSPS) is 15.4. The number of amides is 3. The Morgan fingerprint density at radius 1 is 1.07 bits per heavy atom. The minimum atomic E-state index is -1.27. The molecule has 9 heteroatoms. The molecule has 0 unspecified atom stereocenters. The Labute approximate surface area is 162 Å². The number of rotatable bonds is 5. The summed E-state index contributed by atoms with van der Waals surface area (Å²) in [5, 5.41) is 1.82. The minimum Gasteiger partial charge on any atom is -0.350 e. The molecule has 144 valence electrons. The van der Waals surface area contributed by atoms with Crippen LogP contribution in [0, 0.1) is 17.5 Å². The van der Waals surface area contributed by atoms with Crippen molar-refractivity contribution >= 4 is 34.9 Å². The molecule has 1 fully saturated rings. The van der Waals surface area contributed by atoms with E-state index in [0.29, 0.717) is 5.56 Å². The smallest absolute Gasteiger partial charge is 0.293 e. The van der Waals surface area contributed by atoms with Crippen molar-refractivity contribution < 1.29 is 27.6 Å². The second-order valence-corrected chi connectivity index (χ2v) is 6.74. The molecule has 0 saturated carbocycles. The van der Waals surface area contributed by atoms with Gasteiger partial charge in [-0.3, -0.25) is 19.3 Å². The average Bonchev–Trinajstić information content (AvgIpc) is 2.93. The lowest BCUT2D eigenvalue weighted by Gasteiger charge is -2.13. The molecule has 0 aliphatic carbocycles. The van der Waals surface area contributed by atoms with Crippen molar-refractivity contribution in [1.29, 1.82) is 0 Å². The van der Waals surface area contributed by atoms with Gasteiger partial charge in [-0.25, -0.2) is 13.2 Å². The van der Waals surface area contributed by atoms with Crippen molar-refractivity contribution in [2.75, 3.05) is 13.1 Å². The van der Waals surface area contributed by atoms with Crippen LogP contribution in [0.2, 0.25) is 0 Å². The Balaban J connectivity index is 1.61. The summed E-state index contributed by atoms with van der Waals surface area (Å²) in [6, 6.07) is 8.62. The van der Waals surface area contributed by atoms with Crippen molar-refractivity contribution in [1.82, 2.24) is 10.2 Å². The third-order valence-corrected chi connectivity index (χ3v) is 4.77. The summed E-state index contributed by atoms with van der Waals surface area (Å²) in [5.41, 5.74) is 0.0899. The molecular weight excluding hydrogens is 393 g/mol. The topological polar surface area (TPSA) is 66.5 Å². The van der Waals surface area contributed by atoms with Crippen molar-refractivity contribution in [3.8, 4) is 0 Å². The molecule has 1 aliphatic rings. The predicted molar refractivity (Wildman–Crippen MR) is 97.8 cm³/mol. The molecule has 3 amide bonds. The highest BCUT2D eigenvalue weighted by atomic mass is 32.2. The van der Waals surface area contributed by atoms with Gasteiger partial charge in [0.2, 0.25) is 0 Å². The molecule has 0 aromatic heterocycles. The molecule has 1 aliphatic heterocycles. The van der Waals surface area contributed by atoms with Crippen molar-refractivity contribution in [3.05, 3.63) is 75.9 Å². The lowest BCUT2D eigenvalue weighted by Crippen LogP contribution is -2.37. The fraction of sp³-hybridized carbons (Fsp3) is 0.105. The van der Waals surface area contributed by atoms with Gasteiger partial charge < -0.3 is 5.32 Å². The largest absolute Gasteiger partial charge is 0.350 e. The second-order valence-electron chi connectivity index (χ2n) is 5.74. The first kappa shape index (κ1) is 19.7. The Morgan fingerprint density at radius 3 is 2.50 bits per heavy atom. The number of benzene rings is 2. The Bertz CT molecular complexity index is 977. The van der Waals surface area contributed by atoms with Gasteiger partial charge in [-0.2, -0.15) is 0 Å². The monoisotopic (exact) mass is 406 g/mol. The highest BCUT2D eigenvalue weighted by molar-refractivity contribution is 8.18. The van der Waals surface area contributed by atoms with E-state index in [1.165, 1.54) is 36.4 Å². The van der Waals surface area contributed by atoms with Gasteiger partial charge in [0.15, 0.2) is 11.6 Å². The van der Waals surface area contributed by atoms with E-state index in [4.69, 9.17) is 0 Å². The van der Waals surface area contributed by atoms with Crippen LogP contribution in [0.15, 0.2) is 47.4 Å². The van der Waals surface area contributed by atoms with Gasteiger partial charge in [0.05, 0.1) is 10.5 Å². The van der Waals surface area contributed by atoms with Crippen molar-refractivity contribution in [2.24, 2.45) is 0 Å². The molecule has 1 heterocycles. The highest BCUT2D eigenvalue weighted by Crippen LogP contribution is 2.31. The summed E-state index contributed by atoms with van der Waals surface area (Å²) in [6.07, 6.45) is 1.46. The summed E-state index contributed by atoms with van der Waals surface area (Å²) in [5.74, 6) is -4.25. The molecule has 0 spiro atoms. The summed E-state index contributed by atoms with van der Waals surface area (Å²) in [4.78, 5) is 37.4. The van der Waals surface area contributed by atoms with Crippen LogP contribution in [0.25, 0.3) is 6.08 Å². The number of halogens is 3. The van der Waals surface area contributed by atoms with Crippen molar-refractivity contribution in [2.45, 2.75) is 0 Å². The first-order chi connectivity index (χ1) is 13.4. The minimum absolute atomic E-state index is 0.128. The number of thioether (sulfide) groups is 1. The van der Waals surface area contributed by atoms with Gasteiger partial charge in [-0.15, -0.1) is 0 Å². The van der Waals surface area contributed by atoms with E-state index in [9.17, 15) is 27.6 Å². The van der Waals surface area contributed by atoms with Gasteiger partial charge in [0.25, 0.3) is 17.1 Å². The van der Waals surface area contributed by atoms with Crippen molar-refractivity contribution in [3.63, 3.8) is 0 Å². The van der Waals surface area contributed by atoms with E-state index in [2.05, 4.69) is 5.32 Å². The van der Waals surface area contributed by atoms with E-state index in [1.807, 2.05) is 0 Å². The lowest BCUT2D eigenvalue weighted by molar-refractivity contribution is -0.122. The maximum absolute atomic E-state index is 13.6. The standard InChI is InChI=1S/C19H13F3N2O3S/c20-12-6-4-11(5-7-12)10-15-18(26)24(19(27)28-15)9-8-23-17(25)13-2-1-3-14(21)16(13)22/h1-7,10H,8-9H2,(H,23,25)/b15-10-. The third kappa shape index (κ3) is 4.25. The predicted octanol–water partition coefficient (Wildman–Crippen LogP) is 3.57. The Morgan fingerprint density at radius 2 is 1.79 bits per heavy atom. The third-order valence-electron chi connectivity index (χ3n) is 3.86. The van der Waals surface area contributed by atoms with Gasteiger partial charge in [-0.05, 0) is 47.7 Å². The number of nitrogens with one attached hydrogen (secondary N) is 1. The zero-order valence-corrected chi connectivity index (χ0v) is 15.1. The van der Waals surface area contributed by atoms with Crippen LogP contribution in [0.5, 0.6) is 0 Å². The fourth-order valence-corrected chi connectivity index (χ4v) is 3.32. The van der Waals surface area contributed by atoms with E-state index in [-0.39, 0.29) is 18.0 Å². The first-order valence-corrected chi connectivity index (χ1v) is 8.91. The number of hydrogen-bond acceptors (Lipinski definition) is 4. The zero-order chi connectivity index (χ0) is 20.3. The summed E-state index contributed by atoms with van der Waals surface area (Å²) in [6.45, 7) is -0.259. The summed E-state index contributed by atoms with van der Waals surface area (Å²) >= 11 is 0.723. The van der Waals surface area contributed by atoms with E-state index >= 15 is 0 Å².